The molecule has 0 amide bonds. The van der Waals surface area contributed by atoms with Crippen LogP contribution in [0.5, 0.6) is 0 Å². The Morgan fingerprint density at radius 1 is 0.947 bits per heavy atom. The van der Waals surface area contributed by atoms with E-state index in [0.717, 1.165) is 12.8 Å². The van der Waals surface area contributed by atoms with Gasteiger partial charge in [-0.2, -0.15) is 0 Å². The Labute approximate surface area is 115 Å². The Morgan fingerprint density at radius 3 is 2.26 bits per heavy atom. The molecule has 1 fully saturated rings. The first-order valence-corrected chi connectivity index (χ1v) is 7.44. The summed E-state index contributed by atoms with van der Waals surface area (Å²) in [5, 5.41) is 28.4. The summed E-state index contributed by atoms with van der Waals surface area (Å²) in [6, 6.07) is 0. The maximum Gasteiger partial charge on any atom is 0.186 e. The highest BCUT2D eigenvalue weighted by Crippen LogP contribution is 2.17. The van der Waals surface area contributed by atoms with Crippen LogP contribution in [0.4, 0.5) is 0 Å². The molecule has 0 aromatic carbocycles. The van der Waals surface area contributed by atoms with Gasteiger partial charge in [-0.15, -0.1) is 0 Å². The second kappa shape index (κ2) is 9.66. The number of aliphatic hydroxyl groups excluding tert-OH is 3. The molecular weight excluding hydrogens is 248 g/mol. The Balaban J connectivity index is 2.00. The SMILES string of the molecule is CCCCCCCCCO[C@@H]1OC[C@@H](O)[C@H](O)[C@H]1O. The van der Waals surface area contributed by atoms with Gasteiger partial charge in [0.1, 0.15) is 18.3 Å². The highest BCUT2D eigenvalue weighted by atomic mass is 16.7. The van der Waals surface area contributed by atoms with Crippen LogP contribution < -0.4 is 0 Å². The van der Waals surface area contributed by atoms with Crippen molar-refractivity contribution in [2.24, 2.45) is 0 Å². The lowest BCUT2D eigenvalue weighted by atomic mass is 10.1. The summed E-state index contributed by atoms with van der Waals surface area (Å²) in [6.45, 7) is 2.72. The van der Waals surface area contributed by atoms with Gasteiger partial charge in [0.05, 0.1) is 6.61 Å². The molecule has 0 aliphatic carbocycles. The summed E-state index contributed by atoms with van der Waals surface area (Å²) < 4.78 is 10.5. The van der Waals surface area contributed by atoms with Gasteiger partial charge >= 0.3 is 0 Å². The maximum absolute atomic E-state index is 9.65. The first-order chi connectivity index (χ1) is 9.16. The largest absolute Gasteiger partial charge is 0.388 e. The fourth-order valence-corrected chi connectivity index (χ4v) is 2.18. The average molecular weight is 276 g/mol. The Kier molecular flexibility index (Phi) is 8.57. The van der Waals surface area contributed by atoms with E-state index in [0.29, 0.717) is 6.61 Å². The minimum absolute atomic E-state index is 0.0000882. The molecular formula is C14H28O5. The fraction of sp³-hybridized carbons (Fsp3) is 1.00. The summed E-state index contributed by atoms with van der Waals surface area (Å²) in [5.74, 6) is 0. The summed E-state index contributed by atoms with van der Waals surface area (Å²) in [7, 11) is 0. The second-order valence-corrected chi connectivity index (χ2v) is 5.24. The molecule has 0 aromatic rings. The molecule has 0 bridgehead atoms. The molecule has 0 aromatic heterocycles. The summed E-state index contributed by atoms with van der Waals surface area (Å²) in [4.78, 5) is 0. The third-order valence-corrected chi connectivity index (χ3v) is 3.48. The molecule has 1 aliphatic heterocycles. The highest BCUT2D eigenvalue weighted by Gasteiger charge is 2.37. The van der Waals surface area contributed by atoms with Crippen molar-refractivity contribution in [3.63, 3.8) is 0 Å². The number of hydrogen-bond donors (Lipinski definition) is 3. The molecule has 0 saturated carbocycles. The van der Waals surface area contributed by atoms with Crippen molar-refractivity contribution < 1.29 is 24.8 Å². The quantitative estimate of drug-likeness (QED) is 0.551. The van der Waals surface area contributed by atoms with E-state index >= 15 is 0 Å². The summed E-state index contributed by atoms with van der Waals surface area (Å²) in [6.07, 6.45) is 4.15. The van der Waals surface area contributed by atoms with E-state index < -0.39 is 24.6 Å². The van der Waals surface area contributed by atoms with Crippen LogP contribution in [0.25, 0.3) is 0 Å². The third-order valence-electron chi connectivity index (χ3n) is 3.48. The van der Waals surface area contributed by atoms with Crippen molar-refractivity contribution in [1.29, 1.82) is 0 Å². The summed E-state index contributed by atoms with van der Waals surface area (Å²) >= 11 is 0. The predicted molar refractivity (Wildman–Crippen MR) is 71.7 cm³/mol. The van der Waals surface area contributed by atoms with Gasteiger partial charge in [-0.3, -0.25) is 0 Å². The van der Waals surface area contributed by atoms with E-state index in [4.69, 9.17) is 9.47 Å². The molecule has 4 atom stereocenters. The van der Waals surface area contributed by atoms with Gasteiger partial charge in [0.2, 0.25) is 0 Å². The molecule has 0 radical (unpaired) electrons. The van der Waals surface area contributed by atoms with E-state index in [1.807, 2.05) is 0 Å². The van der Waals surface area contributed by atoms with Crippen LogP contribution in [0.15, 0.2) is 0 Å². The fourth-order valence-electron chi connectivity index (χ4n) is 2.18. The minimum Gasteiger partial charge on any atom is -0.388 e. The molecule has 1 aliphatic rings. The van der Waals surface area contributed by atoms with Crippen molar-refractivity contribution in [3.05, 3.63) is 0 Å². The Morgan fingerprint density at radius 2 is 1.58 bits per heavy atom. The number of rotatable bonds is 9. The predicted octanol–water partition coefficient (Wildman–Crippen LogP) is 1.19. The van der Waals surface area contributed by atoms with Crippen LogP contribution >= 0.6 is 0 Å². The number of hydrogen-bond acceptors (Lipinski definition) is 5. The first-order valence-electron chi connectivity index (χ1n) is 7.44. The second-order valence-electron chi connectivity index (χ2n) is 5.24. The normalized spacial score (nSPS) is 31.6. The molecule has 1 heterocycles. The molecule has 0 spiro atoms. The van der Waals surface area contributed by atoms with Crippen LogP contribution in [-0.4, -0.2) is 53.1 Å². The zero-order chi connectivity index (χ0) is 14.1. The third kappa shape index (κ3) is 6.19. The molecule has 114 valence electrons. The molecule has 3 N–H and O–H groups in total. The molecule has 1 saturated heterocycles. The van der Waals surface area contributed by atoms with Gasteiger partial charge < -0.3 is 24.8 Å². The molecule has 0 unspecified atom stereocenters. The van der Waals surface area contributed by atoms with Crippen LogP contribution in [0.3, 0.4) is 0 Å². The molecule has 5 nitrogen and oxygen atoms in total. The van der Waals surface area contributed by atoms with Crippen LogP contribution in [0.2, 0.25) is 0 Å². The van der Waals surface area contributed by atoms with Crippen molar-refractivity contribution in [2.45, 2.75) is 76.5 Å². The monoisotopic (exact) mass is 276 g/mol. The van der Waals surface area contributed by atoms with Gasteiger partial charge in [-0.25, -0.2) is 0 Å². The van der Waals surface area contributed by atoms with Crippen LogP contribution in [-0.2, 0) is 9.47 Å². The van der Waals surface area contributed by atoms with Gasteiger partial charge in [0.15, 0.2) is 6.29 Å². The van der Waals surface area contributed by atoms with E-state index in [1.165, 1.54) is 32.1 Å². The standard InChI is InChI=1S/C14H28O5/c1-2-3-4-5-6-7-8-9-18-14-13(17)12(16)11(15)10-19-14/h11-17H,2-10H2,1H3/t11-,12+,13-,14-/m1/s1. The minimum atomic E-state index is -1.19. The highest BCUT2D eigenvalue weighted by molar-refractivity contribution is 4.82. The lowest BCUT2D eigenvalue weighted by molar-refractivity contribution is -0.270. The Bertz CT molecular complexity index is 224. The van der Waals surface area contributed by atoms with Crippen molar-refractivity contribution >= 4 is 0 Å². The number of unbranched alkanes of at least 4 members (excludes halogenated alkanes) is 6. The number of aliphatic hydroxyl groups is 3. The lowest BCUT2D eigenvalue weighted by Gasteiger charge is -2.34. The molecule has 1 rings (SSSR count). The van der Waals surface area contributed by atoms with Crippen LogP contribution in [0, 0.1) is 0 Å². The molecule has 5 heteroatoms. The topological polar surface area (TPSA) is 79.2 Å². The van der Waals surface area contributed by atoms with Crippen molar-refractivity contribution in [3.8, 4) is 0 Å². The van der Waals surface area contributed by atoms with Crippen molar-refractivity contribution in [1.82, 2.24) is 0 Å². The van der Waals surface area contributed by atoms with Gasteiger partial charge in [-0.1, -0.05) is 45.4 Å². The number of ether oxygens (including phenoxy) is 2. The van der Waals surface area contributed by atoms with E-state index in [2.05, 4.69) is 6.92 Å². The lowest BCUT2D eigenvalue weighted by Crippen LogP contribution is -2.53. The van der Waals surface area contributed by atoms with Crippen molar-refractivity contribution in [2.75, 3.05) is 13.2 Å². The van der Waals surface area contributed by atoms with Gasteiger partial charge in [-0.05, 0) is 6.42 Å². The first kappa shape index (κ1) is 16.9. The maximum atomic E-state index is 9.65. The summed E-state index contributed by atoms with van der Waals surface area (Å²) in [5.41, 5.74) is 0. The van der Waals surface area contributed by atoms with E-state index in [-0.39, 0.29) is 6.61 Å². The average Bonchev–Trinajstić information content (AvgIpc) is 2.41. The smallest absolute Gasteiger partial charge is 0.186 e. The Hall–Kier alpha value is -0.200. The van der Waals surface area contributed by atoms with E-state index in [9.17, 15) is 15.3 Å². The van der Waals surface area contributed by atoms with Gasteiger partial charge in [0, 0.05) is 6.61 Å². The van der Waals surface area contributed by atoms with E-state index in [1.54, 1.807) is 0 Å². The molecule has 19 heavy (non-hydrogen) atoms. The van der Waals surface area contributed by atoms with Gasteiger partial charge in [0.25, 0.3) is 0 Å². The zero-order valence-electron chi connectivity index (χ0n) is 11.8. The zero-order valence-corrected chi connectivity index (χ0v) is 11.8. The van der Waals surface area contributed by atoms with Crippen LogP contribution in [0.1, 0.15) is 51.9 Å².